The molecule has 23 heavy (non-hydrogen) atoms. The summed E-state index contributed by atoms with van der Waals surface area (Å²) in [7, 11) is 0. The van der Waals surface area contributed by atoms with E-state index in [2.05, 4.69) is 30.5 Å². The molecule has 0 aliphatic carbocycles. The van der Waals surface area contributed by atoms with E-state index in [9.17, 15) is 4.79 Å². The second-order valence-electron chi connectivity index (χ2n) is 5.70. The highest BCUT2D eigenvalue weighted by molar-refractivity contribution is 6.04. The maximum absolute atomic E-state index is 12.4. The molecule has 0 aliphatic heterocycles. The minimum Gasteiger partial charge on any atom is -0.346 e. The van der Waals surface area contributed by atoms with Gasteiger partial charge in [-0.2, -0.15) is 10.2 Å². The molecule has 3 heterocycles. The average Bonchev–Trinajstić information content (AvgIpc) is 2.97. The molecule has 3 aromatic heterocycles. The van der Waals surface area contributed by atoms with E-state index >= 15 is 0 Å². The zero-order valence-corrected chi connectivity index (χ0v) is 13.3. The molecule has 0 fully saturated rings. The van der Waals surface area contributed by atoms with Crippen LogP contribution in [0, 0.1) is 6.92 Å². The van der Waals surface area contributed by atoms with Gasteiger partial charge >= 0.3 is 0 Å². The molecule has 7 nitrogen and oxygen atoms in total. The smallest absolute Gasteiger partial charge is 0.255 e. The Labute approximate surface area is 133 Å². The first kappa shape index (κ1) is 15.1. The second-order valence-corrected chi connectivity index (χ2v) is 5.70. The molecule has 0 radical (unpaired) electrons. The fraction of sp³-hybridized carbons (Fsp3) is 0.312. The van der Waals surface area contributed by atoms with E-state index in [1.165, 1.54) is 0 Å². The van der Waals surface area contributed by atoms with Crippen LogP contribution in [0.5, 0.6) is 0 Å². The maximum Gasteiger partial charge on any atom is 0.255 e. The number of amides is 1. The number of hydrogen-bond donors (Lipinski definition) is 2. The van der Waals surface area contributed by atoms with E-state index in [0.29, 0.717) is 29.0 Å². The van der Waals surface area contributed by atoms with Gasteiger partial charge in [-0.3, -0.25) is 4.79 Å². The topological polar surface area (TPSA) is 96.5 Å². The minimum atomic E-state index is -0.214. The van der Waals surface area contributed by atoms with Gasteiger partial charge in [0, 0.05) is 6.20 Å². The third-order valence-electron chi connectivity index (χ3n) is 3.52. The minimum absolute atomic E-state index is 0.214. The Morgan fingerprint density at radius 3 is 2.83 bits per heavy atom. The standard InChI is InChI=1S/C16H18N6O/c1-9(2)13-8-18-15-14(20-13)12(7-17-15)16(23)19-6-11-5-4-10(3)21-22-11/h4-5,7-9H,6H2,1-3H3,(H,17,18)(H,19,23). The number of hydrogen-bond acceptors (Lipinski definition) is 5. The molecule has 7 heteroatoms. The molecule has 0 bridgehead atoms. The zero-order valence-electron chi connectivity index (χ0n) is 13.3. The third-order valence-corrected chi connectivity index (χ3v) is 3.52. The lowest BCUT2D eigenvalue weighted by Crippen LogP contribution is -2.23. The van der Waals surface area contributed by atoms with E-state index in [4.69, 9.17) is 0 Å². The molecule has 0 unspecified atom stereocenters. The van der Waals surface area contributed by atoms with Crippen LogP contribution in [0.15, 0.2) is 24.5 Å². The lowest BCUT2D eigenvalue weighted by molar-refractivity contribution is 0.0952. The number of aryl methyl sites for hydroxylation is 1. The van der Waals surface area contributed by atoms with Gasteiger partial charge < -0.3 is 10.3 Å². The average molecular weight is 310 g/mol. The molecule has 0 saturated heterocycles. The molecule has 0 aliphatic rings. The number of nitrogens with one attached hydrogen (secondary N) is 2. The van der Waals surface area contributed by atoms with Crippen LogP contribution in [0.25, 0.3) is 11.2 Å². The number of carbonyl (C=O) groups is 1. The quantitative estimate of drug-likeness (QED) is 0.769. The fourth-order valence-corrected chi connectivity index (χ4v) is 2.14. The predicted molar refractivity (Wildman–Crippen MR) is 85.9 cm³/mol. The molecule has 0 spiro atoms. The van der Waals surface area contributed by atoms with Crippen LogP contribution in [0.1, 0.15) is 47.2 Å². The Morgan fingerprint density at radius 1 is 1.30 bits per heavy atom. The van der Waals surface area contributed by atoms with Crippen LogP contribution in [-0.2, 0) is 6.54 Å². The van der Waals surface area contributed by atoms with Crippen LogP contribution >= 0.6 is 0 Å². The van der Waals surface area contributed by atoms with E-state index in [1.54, 1.807) is 12.4 Å². The second kappa shape index (κ2) is 6.12. The Bertz CT molecular complexity index is 837. The SMILES string of the molecule is Cc1ccc(CNC(=O)c2c[nH]c3ncc(C(C)C)nc23)nn1. The van der Waals surface area contributed by atoms with Crippen LogP contribution < -0.4 is 5.32 Å². The Hall–Kier alpha value is -2.83. The fourth-order valence-electron chi connectivity index (χ4n) is 2.14. The van der Waals surface area contributed by atoms with Crippen LogP contribution in [0.2, 0.25) is 0 Å². The number of H-pyrrole nitrogens is 1. The molecule has 3 aromatic rings. The van der Waals surface area contributed by atoms with E-state index in [1.807, 2.05) is 32.9 Å². The molecule has 2 N–H and O–H groups in total. The summed E-state index contributed by atoms with van der Waals surface area (Å²) in [5.74, 6) is 0.0365. The van der Waals surface area contributed by atoms with Crippen molar-refractivity contribution in [2.45, 2.75) is 33.2 Å². The molecular formula is C16H18N6O. The van der Waals surface area contributed by atoms with Gasteiger partial charge in [-0.1, -0.05) is 13.8 Å². The highest BCUT2D eigenvalue weighted by Gasteiger charge is 2.15. The monoisotopic (exact) mass is 310 g/mol. The summed E-state index contributed by atoms with van der Waals surface area (Å²) in [6, 6.07) is 3.70. The molecule has 0 aromatic carbocycles. The zero-order chi connectivity index (χ0) is 16.4. The lowest BCUT2D eigenvalue weighted by Gasteiger charge is -2.05. The van der Waals surface area contributed by atoms with Crippen molar-refractivity contribution < 1.29 is 4.79 Å². The van der Waals surface area contributed by atoms with Gasteiger partial charge in [0.1, 0.15) is 5.52 Å². The third kappa shape index (κ3) is 3.18. The largest absolute Gasteiger partial charge is 0.346 e. The van der Waals surface area contributed by atoms with Crippen LogP contribution in [0.3, 0.4) is 0 Å². The van der Waals surface area contributed by atoms with E-state index in [0.717, 1.165) is 11.4 Å². The van der Waals surface area contributed by atoms with Gasteiger partial charge in [-0.25, -0.2) is 9.97 Å². The Kier molecular flexibility index (Phi) is 4.01. The van der Waals surface area contributed by atoms with Gasteiger partial charge in [0.15, 0.2) is 5.65 Å². The first-order valence-electron chi connectivity index (χ1n) is 7.46. The number of fused-ring (bicyclic) bond motifs is 1. The van der Waals surface area contributed by atoms with Crippen molar-refractivity contribution in [3.05, 3.63) is 47.2 Å². The first-order chi connectivity index (χ1) is 11.0. The van der Waals surface area contributed by atoms with Gasteiger partial charge in [0.05, 0.1) is 35.4 Å². The van der Waals surface area contributed by atoms with E-state index in [-0.39, 0.29) is 11.8 Å². The van der Waals surface area contributed by atoms with Crippen molar-refractivity contribution in [1.82, 2.24) is 30.5 Å². The molecule has 3 rings (SSSR count). The molecule has 0 saturated carbocycles. The highest BCUT2D eigenvalue weighted by atomic mass is 16.1. The summed E-state index contributed by atoms with van der Waals surface area (Å²) in [4.78, 5) is 24.2. The highest BCUT2D eigenvalue weighted by Crippen LogP contribution is 2.18. The van der Waals surface area contributed by atoms with Crippen molar-refractivity contribution in [3.8, 4) is 0 Å². The normalized spacial score (nSPS) is 11.1. The number of aromatic amines is 1. The van der Waals surface area contributed by atoms with E-state index < -0.39 is 0 Å². The van der Waals surface area contributed by atoms with Crippen molar-refractivity contribution >= 4 is 17.1 Å². The predicted octanol–water partition coefficient (Wildman–Crippen LogP) is 2.11. The summed E-state index contributed by atoms with van der Waals surface area (Å²) < 4.78 is 0. The summed E-state index contributed by atoms with van der Waals surface area (Å²) in [6.07, 6.45) is 3.36. The summed E-state index contributed by atoms with van der Waals surface area (Å²) in [5, 5.41) is 10.8. The van der Waals surface area contributed by atoms with Gasteiger partial charge in [-0.15, -0.1) is 0 Å². The number of carbonyl (C=O) groups excluding carboxylic acids is 1. The first-order valence-corrected chi connectivity index (χ1v) is 7.46. The lowest BCUT2D eigenvalue weighted by atomic mass is 10.1. The van der Waals surface area contributed by atoms with Crippen LogP contribution in [-0.4, -0.2) is 31.1 Å². The molecule has 118 valence electrons. The van der Waals surface area contributed by atoms with Crippen molar-refractivity contribution in [2.75, 3.05) is 0 Å². The van der Waals surface area contributed by atoms with Crippen LogP contribution in [0.4, 0.5) is 0 Å². The summed E-state index contributed by atoms with van der Waals surface area (Å²) in [5.41, 5.74) is 4.08. The number of aromatic nitrogens is 5. The molecule has 0 atom stereocenters. The summed E-state index contributed by atoms with van der Waals surface area (Å²) >= 11 is 0. The molecule has 1 amide bonds. The Morgan fingerprint density at radius 2 is 2.13 bits per heavy atom. The summed E-state index contributed by atoms with van der Waals surface area (Å²) in [6.45, 7) is 6.26. The van der Waals surface area contributed by atoms with Gasteiger partial charge in [0.25, 0.3) is 5.91 Å². The maximum atomic E-state index is 12.4. The Balaban J connectivity index is 1.80. The van der Waals surface area contributed by atoms with Gasteiger partial charge in [0.2, 0.25) is 0 Å². The van der Waals surface area contributed by atoms with Crippen molar-refractivity contribution in [3.63, 3.8) is 0 Å². The molecular weight excluding hydrogens is 292 g/mol. The van der Waals surface area contributed by atoms with Crippen molar-refractivity contribution in [2.24, 2.45) is 0 Å². The number of nitrogens with zero attached hydrogens (tertiary/aromatic N) is 4. The van der Waals surface area contributed by atoms with Crippen molar-refractivity contribution in [1.29, 1.82) is 0 Å². The van der Waals surface area contributed by atoms with Gasteiger partial charge in [-0.05, 0) is 25.0 Å². The number of rotatable bonds is 4.